The van der Waals surface area contributed by atoms with Gasteiger partial charge >= 0.3 is 0 Å². The van der Waals surface area contributed by atoms with E-state index in [1.807, 2.05) is 0 Å². The summed E-state index contributed by atoms with van der Waals surface area (Å²) in [5.74, 6) is 0. The Morgan fingerprint density at radius 2 is 2.36 bits per heavy atom. The van der Waals surface area contributed by atoms with Crippen molar-refractivity contribution in [3.05, 3.63) is 20.9 Å². The van der Waals surface area contributed by atoms with Gasteiger partial charge in [-0.05, 0) is 13.3 Å². The van der Waals surface area contributed by atoms with E-state index in [1.54, 1.807) is 11.3 Å². The van der Waals surface area contributed by atoms with Gasteiger partial charge in [0.2, 0.25) is 0 Å². The summed E-state index contributed by atoms with van der Waals surface area (Å²) in [4.78, 5) is 5.79. The van der Waals surface area contributed by atoms with Gasteiger partial charge in [-0.2, -0.15) is 0 Å². The van der Waals surface area contributed by atoms with Crippen molar-refractivity contribution in [3.8, 4) is 0 Å². The zero-order chi connectivity index (χ0) is 6.97. The summed E-state index contributed by atoms with van der Waals surface area (Å²) in [7, 11) is 0. The molecule has 0 unspecified atom stereocenters. The van der Waals surface area contributed by atoms with Crippen LogP contribution in [-0.2, 0) is 33.4 Å². The summed E-state index contributed by atoms with van der Waals surface area (Å²) < 4.78 is 0. The van der Waals surface area contributed by atoms with Gasteiger partial charge in [-0.1, -0.05) is 0 Å². The number of hydrogen-bond donors (Lipinski definition) is 0. The first-order chi connectivity index (χ1) is 4.86. The topological polar surface area (TPSA) is 27.0 Å². The molecule has 2 rings (SSSR count). The second kappa shape index (κ2) is 3.77. The van der Waals surface area contributed by atoms with Gasteiger partial charge in [0.05, 0.1) is 10.7 Å². The molecule has 1 aromatic heterocycles. The second-order valence-electron chi connectivity index (χ2n) is 2.46. The molecule has 1 radical (unpaired) electrons. The molecule has 2 nitrogen and oxygen atoms in total. The predicted molar refractivity (Wildman–Crippen MR) is 42.5 cm³/mol. The molecule has 0 aliphatic carbocycles. The van der Waals surface area contributed by atoms with Gasteiger partial charge in [-0.15, -0.1) is 24.4 Å². The largest absolute Gasteiger partial charge is 0.657 e. The van der Waals surface area contributed by atoms with Gasteiger partial charge in [-0.25, -0.2) is 4.98 Å². The van der Waals surface area contributed by atoms with Crippen molar-refractivity contribution >= 4 is 11.3 Å². The molecule has 0 bridgehead atoms. The molecular formula is C7H9N2ReS-. The average molecular weight is 339 g/mol. The summed E-state index contributed by atoms with van der Waals surface area (Å²) in [6.07, 6.45) is 1.06. The number of hydrogen-bond acceptors (Lipinski definition) is 2. The minimum absolute atomic E-state index is 0. The zero-order valence-electron chi connectivity index (χ0n) is 6.30. The maximum Gasteiger partial charge on any atom is 0.0899 e. The molecule has 4 heteroatoms. The van der Waals surface area contributed by atoms with E-state index in [4.69, 9.17) is 0 Å². The minimum atomic E-state index is 0. The Kier molecular flexibility index (Phi) is 3.20. The molecule has 1 aliphatic heterocycles. The number of rotatable bonds is 0. The van der Waals surface area contributed by atoms with E-state index in [9.17, 15) is 0 Å². The average Bonchev–Trinajstić information content (AvgIpc) is 2.27. The van der Waals surface area contributed by atoms with E-state index in [0.717, 1.165) is 19.5 Å². The summed E-state index contributed by atoms with van der Waals surface area (Å²) >= 11 is 1.79. The number of thiazole rings is 1. The van der Waals surface area contributed by atoms with E-state index in [1.165, 1.54) is 15.6 Å². The van der Waals surface area contributed by atoms with Gasteiger partial charge in [0.1, 0.15) is 0 Å². The third-order valence-electron chi connectivity index (χ3n) is 1.65. The van der Waals surface area contributed by atoms with Crippen LogP contribution in [-0.4, -0.2) is 11.5 Å². The van der Waals surface area contributed by atoms with E-state index in [-0.39, 0.29) is 20.4 Å². The van der Waals surface area contributed by atoms with Crippen LogP contribution in [0.3, 0.4) is 0 Å². The standard InChI is InChI=1S/C7H9N2S.Re/c1-5-9-6-2-3-8-4-7(6)10-5;/h2-4H2,1H3;/q-1;. The molecule has 0 amide bonds. The maximum absolute atomic E-state index is 4.41. The van der Waals surface area contributed by atoms with Crippen LogP contribution in [0.5, 0.6) is 0 Å². The Labute approximate surface area is 84.1 Å². The molecule has 61 valence electrons. The Hall–Kier alpha value is 0.252. The third kappa shape index (κ3) is 1.88. The van der Waals surface area contributed by atoms with Crippen LogP contribution in [0, 0.1) is 6.92 Å². The fraction of sp³-hybridized carbons (Fsp3) is 0.571. The summed E-state index contributed by atoms with van der Waals surface area (Å²) in [6, 6.07) is 0. The van der Waals surface area contributed by atoms with E-state index >= 15 is 0 Å². The first kappa shape index (κ1) is 9.34. The molecule has 11 heavy (non-hydrogen) atoms. The van der Waals surface area contributed by atoms with E-state index < -0.39 is 0 Å². The molecule has 1 aliphatic rings. The smallest absolute Gasteiger partial charge is 0.0899 e. The number of fused-ring (bicyclic) bond motifs is 1. The Morgan fingerprint density at radius 3 is 3.09 bits per heavy atom. The predicted octanol–water partition coefficient (Wildman–Crippen LogP) is 1.88. The van der Waals surface area contributed by atoms with Crippen LogP contribution in [0.4, 0.5) is 0 Å². The van der Waals surface area contributed by atoms with Crippen molar-refractivity contribution in [2.24, 2.45) is 0 Å². The van der Waals surface area contributed by atoms with E-state index in [0.29, 0.717) is 0 Å². The fourth-order valence-corrected chi connectivity index (χ4v) is 2.13. The van der Waals surface area contributed by atoms with Crippen molar-refractivity contribution in [2.45, 2.75) is 19.9 Å². The summed E-state index contributed by atoms with van der Waals surface area (Å²) in [5, 5.41) is 5.48. The van der Waals surface area contributed by atoms with Crippen molar-refractivity contribution in [1.82, 2.24) is 4.98 Å². The molecule has 0 saturated heterocycles. The van der Waals surface area contributed by atoms with Crippen LogP contribution >= 0.6 is 11.3 Å². The second-order valence-corrected chi connectivity index (χ2v) is 3.75. The first-order valence-electron chi connectivity index (χ1n) is 3.45. The number of aryl methyl sites for hydroxylation is 1. The fourth-order valence-electron chi connectivity index (χ4n) is 1.20. The molecule has 0 saturated carbocycles. The Morgan fingerprint density at radius 1 is 1.55 bits per heavy atom. The van der Waals surface area contributed by atoms with Gasteiger partial charge < -0.3 is 5.32 Å². The maximum atomic E-state index is 4.41. The molecule has 1 aromatic rings. The summed E-state index contributed by atoms with van der Waals surface area (Å²) in [6.45, 7) is 3.93. The van der Waals surface area contributed by atoms with Gasteiger partial charge in [0.25, 0.3) is 0 Å². The molecule has 0 spiro atoms. The van der Waals surface area contributed by atoms with Crippen LogP contribution < -0.4 is 0 Å². The molecule has 0 atom stereocenters. The van der Waals surface area contributed by atoms with Crippen LogP contribution in [0.15, 0.2) is 0 Å². The van der Waals surface area contributed by atoms with Gasteiger partial charge in [-0.3, -0.25) is 0 Å². The van der Waals surface area contributed by atoms with Crippen molar-refractivity contribution < 1.29 is 20.4 Å². The third-order valence-corrected chi connectivity index (χ3v) is 2.65. The summed E-state index contributed by atoms with van der Waals surface area (Å²) in [5.41, 5.74) is 1.29. The molecule has 0 N–H and O–H groups in total. The van der Waals surface area contributed by atoms with Crippen LogP contribution in [0.2, 0.25) is 0 Å². The van der Waals surface area contributed by atoms with Crippen molar-refractivity contribution in [3.63, 3.8) is 0 Å². The Balaban J connectivity index is 0.000000605. The van der Waals surface area contributed by atoms with Gasteiger partial charge in [0, 0.05) is 25.3 Å². The first-order valence-corrected chi connectivity index (χ1v) is 4.26. The quantitative estimate of drug-likeness (QED) is 0.709. The molecule has 0 aromatic carbocycles. The number of nitrogens with zero attached hydrogens (tertiary/aromatic N) is 2. The zero-order valence-corrected chi connectivity index (χ0v) is 9.83. The van der Waals surface area contributed by atoms with Gasteiger partial charge in [0.15, 0.2) is 0 Å². The van der Waals surface area contributed by atoms with Crippen LogP contribution in [0.1, 0.15) is 15.6 Å². The molecular weight excluding hydrogens is 330 g/mol. The van der Waals surface area contributed by atoms with Crippen LogP contribution in [0.25, 0.3) is 5.32 Å². The minimum Gasteiger partial charge on any atom is -0.657 e. The van der Waals surface area contributed by atoms with Crippen molar-refractivity contribution in [1.29, 1.82) is 0 Å². The Bertz CT molecular complexity index is 223. The van der Waals surface area contributed by atoms with Crippen molar-refractivity contribution in [2.75, 3.05) is 6.54 Å². The monoisotopic (exact) mass is 340 g/mol. The number of aromatic nitrogens is 1. The van der Waals surface area contributed by atoms with E-state index in [2.05, 4.69) is 17.2 Å². The normalized spacial score (nSPS) is 15.4. The molecule has 0 fully saturated rings. The molecule has 2 heterocycles. The SMILES string of the molecule is Cc1nc2c(s1)C[N-]CC2.[Re].